The van der Waals surface area contributed by atoms with E-state index in [4.69, 9.17) is 34.7 Å². The van der Waals surface area contributed by atoms with Gasteiger partial charge in [0.15, 0.2) is 5.75 Å². The molecule has 0 unspecified atom stereocenters. The molecule has 0 saturated carbocycles. The normalized spacial score (nSPS) is 12.0. The fraction of sp³-hybridized carbons (Fsp3) is 0.0811. The molecule has 0 bridgehead atoms. The Morgan fingerprint density at radius 2 is 1.10 bits per heavy atom. The number of nitrogens with two attached hydrogens (primary N) is 2. The van der Waals surface area contributed by atoms with Crippen LogP contribution in [0.15, 0.2) is 103 Å². The topological polar surface area (TPSA) is 344 Å². The summed E-state index contributed by atoms with van der Waals surface area (Å²) in [4.78, 5) is 22.7. The van der Waals surface area contributed by atoms with Crippen molar-refractivity contribution in [1.29, 1.82) is 0 Å². The summed E-state index contributed by atoms with van der Waals surface area (Å²) in [6.07, 6.45) is 0. The van der Waals surface area contributed by atoms with Crippen molar-refractivity contribution in [1.82, 2.24) is 29.9 Å². The molecule has 0 aliphatic heterocycles. The van der Waals surface area contributed by atoms with Crippen molar-refractivity contribution in [2.45, 2.75) is 30.6 Å². The van der Waals surface area contributed by atoms with E-state index in [2.05, 4.69) is 66.3 Å². The van der Waals surface area contributed by atoms with Crippen LogP contribution in [-0.4, -0.2) is 61.0 Å². The van der Waals surface area contributed by atoms with Crippen LogP contribution in [0, 0.1) is 20.8 Å². The number of nitrogen functional groups attached to an aromatic ring is 2. The third kappa shape index (κ3) is 10.1. The number of aromatic hydroxyl groups is 1. The van der Waals surface area contributed by atoms with Crippen LogP contribution in [0.25, 0.3) is 10.8 Å². The number of hydrogen-bond acceptors (Lipinski definition) is 20. The number of aromatic nitrogens is 6. The van der Waals surface area contributed by atoms with Gasteiger partial charge in [-0.2, -0.15) is 51.9 Å². The first-order valence-corrected chi connectivity index (χ1v) is 21.4. The average Bonchev–Trinajstić information content (AvgIpc) is 3.18. The number of aryl methyl sites for hydroxylation is 3. The van der Waals surface area contributed by atoms with Crippen LogP contribution in [-0.2, 0) is 20.2 Å². The largest absolute Gasteiger partial charge is 0.505 e. The van der Waals surface area contributed by atoms with Crippen LogP contribution in [0.3, 0.4) is 0 Å². The lowest BCUT2D eigenvalue weighted by molar-refractivity contribution is 0.480. The molecular weight excluding hydrogens is 902 g/mol. The SMILES string of the molecule is Cc1ccc(Nc2nc(Cl)nc(Nc3ccc(C)c(N=Nc4c(S(=O)(=O)O)cc5cc(C)c(N=Nc6cc(Nc7nc(N)nc(Cl)n7)ccc6S(=O)(=O)O)c(O)c5c4N)c3)n2)cc1. The van der Waals surface area contributed by atoms with E-state index in [1.54, 1.807) is 25.1 Å². The number of hydrogen-bond donors (Lipinski definition) is 8. The Hall–Kier alpha value is -7.22. The fourth-order valence-corrected chi connectivity index (χ4v) is 7.50. The molecule has 5 aromatic carbocycles. The highest BCUT2D eigenvalue weighted by atomic mass is 35.5. The standard InChI is InChI=1S/C37H31Cl2N15O7S2/c1-16-4-7-20(8-5-16)42-36-47-33(39)48-37(50-36)44-21-9-6-17(2)23(14-21)51-54-30-26(63(59,60)61)13-19-12-18(3)29(31(55)27(19)28(30)40)53-52-24-15-22(10-11-25(24)62(56,57)58)43-35-46-32(38)45-34(41)49-35/h4-15,55H,40H2,1-3H3,(H,56,57,58)(H,59,60,61)(H3,41,43,45,46,49)(H2,42,44,47,48,50). The summed E-state index contributed by atoms with van der Waals surface area (Å²) < 4.78 is 70.2. The van der Waals surface area contributed by atoms with Crippen molar-refractivity contribution < 1.29 is 31.0 Å². The number of anilines is 8. The zero-order valence-corrected chi connectivity index (χ0v) is 35.7. The first kappa shape index (κ1) is 43.9. The maximum Gasteiger partial charge on any atom is 0.296 e. The molecule has 26 heteroatoms. The van der Waals surface area contributed by atoms with Crippen LogP contribution in [0.5, 0.6) is 5.75 Å². The molecule has 0 aliphatic carbocycles. The smallest absolute Gasteiger partial charge is 0.296 e. The first-order chi connectivity index (χ1) is 29.7. The molecule has 0 fully saturated rings. The number of phenolic OH excluding ortho intramolecular Hbond substituents is 1. The Morgan fingerprint density at radius 3 is 1.71 bits per heavy atom. The van der Waals surface area contributed by atoms with Gasteiger partial charge in [0.05, 0.1) is 16.8 Å². The maximum atomic E-state index is 12.7. The molecule has 0 amide bonds. The van der Waals surface area contributed by atoms with Crippen molar-refractivity contribution >= 4 is 124 Å². The van der Waals surface area contributed by atoms with E-state index in [0.29, 0.717) is 16.9 Å². The number of nitrogens with zero attached hydrogens (tertiary/aromatic N) is 10. The number of benzene rings is 5. The van der Waals surface area contributed by atoms with Crippen molar-refractivity contribution in [2.75, 3.05) is 27.4 Å². The Bertz CT molecular complexity index is 3250. The minimum absolute atomic E-state index is 0.0442. The Labute approximate surface area is 367 Å². The van der Waals surface area contributed by atoms with Gasteiger partial charge in [0.2, 0.25) is 34.4 Å². The van der Waals surface area contributed by atoms with E-state index in [1.807, 2.05) is 31.2 Å². The summed E-state index contributed by atoms with van der Waals surface area (Å²) in [7, 11) is -9.86. The zero-order chi connectivity index (χ0) is 45.4. The predicted octanol–water partition coefficient (Wildman–Crippen LogP) is 8.87. The molecule has 2 heterocycles. The summed E-state index contributed by atoms with van der Waals surface area (Å²) in [5.74, 6) is -0.686. The molecule has 63 heavy (non-hydrogen) atoms. The highest BCUT2D eigenvalue weighted by Crippen LogP contribution is 2.47. The van der Waals surface area contributed by atoms with E-state index in [0.717, 1.165) is 17.7 Å². The lowest BCUT2D eigenvalue weighted by atomic mass is 10.0. The summed E-state index contributed by atoms with van der Waals surface area (Å²) in [6.45, 7) is 5.14. The van der Waals surface area contributed by atoms with E-state index in [-0.39, 0.29) is 67.8 Å². The maximum absolute atomic E-state index is 12.7. The summed E-state index contributed by atoms with van der Waals surface area (Å²) in [5, 5.41) is 36.4. The molecule has 22 nitrogen and oxygen atoms in total. The van der Waals surface area contributed by atoms with Gasteiger partial charge in [-0.15, -0.1) is 15.3 Å². The van der Waals surface area contributed by atoms with Crippen LogP contribution >= 0.6 is 23.2 Å². The Kier molecular flexibility index (Phi) is 12.0. The quantitative estimate of drug-likeness (QED) is 0.0322. The molecule has 7 rings (SSSR count). The number of rotatable bonds is 12. The first-order valence-electron chi connectivity index (χ1n) is 17.8. The van der Waals surface area contributed by atoms with Gasteiger partial charge in [-0.25, -0.2) is 0 Å². The lowest BCUT2D eigenvalue weighted by Gasteiger charge is -2.14. The van der Waals surface area contributed by atoms with Gasteiger partial charge in [-0.3, -0.25) is 9.11 Å². The minimum atomic E-state index is -5.00. The van der Waals surface area contributed by atoms with E-state index < -0.39 is 52.8 Å². The molecule has 0 saturated heterocycles. The second-order valence-corrected chi connectivity index (χ2v) is 16.9. The van der Waals surface area contributed by atoms with Crippen molar-refractivity contribution in [3.63, 3.8) is 0 Å². The number of azo groups is 2. The van der Waals surface area contributed by atoms with E-state index in [9.17, 15) is 31.0 Å². The van der Waals surface area contributed by atoms with Crippen molar-refractivity contribution in [3.05, 3.63) is 100 Å². The summed E-state index contributed by atoms with van der Waals surface area (Å²) >= 11 is 12.1. The molecule has 0 radical (unpaired) electrons. The van der Waals surface area contributed by atoms with Crippen molar-refractivity contribution in [3.8, 4) is 5.75 Å². The third-order valence-corrected chi connectivity index (χ3v) is 10.9. The molecule has 0 aliphatic rings. The van der Waals surface area contributed by atoms with Crippen LogP contribution in [0.4, 0.5) is 69.3 Å². The van der Waals surface area contributed by atoms with Crippen LogP contribution < -0.4 is 27.4 Å². The van der Waals surface area contributed by atoms with Gasteiger partial charge in [-0.1, -0.05) is 23.8 Å². The van der Waals surface area contributed by atoms with Gasteiger partial charge >= 0.3 is 0 Å². The molecule has 10 N–H and O–H groups in total. The van der Waals surface area contributed by atoms with E-state index >= 15 is 0 Å². The zero-order valence-electron chi connectivity index (χ0n) is 32.6. The monoisotopic (exact) mass is 931 g/mol. The molecule has 322 valence electrons. The van der Waals surface area contributed by atoms with Gasteiger partial charge in [0.25, 0.3) is 20.2 Å². The van der Waals surface area contributed by atoms with Crippen LogP contribution in [0.2, 0.25) is 10.6 Å². The highest BCUT2D eigenvalue weighted by Gasteiger charge is 2.25. The van der Waals surface area contributed by atoms with Gasteiger partial charge < -0.3 is 32.5 Å². The van der Waals surface area contributed by atoms with E-state index in [1.165, 1.54) is 25.1 Å². The number of fused-ring (bicyclic) bond motifs is 1. The highest BCUT2D eigenvalue weighted by molar-refractivity contribution is 7.86. The fourth-order valence-electron chi connectivity index (χ4n) is 5.90. The minimum Gasteiger partial charge on any atom is -0.505 e. The number of phenols is 1. The Morgan fingerprint density at radius 1 is 0.571 bits per heavy atom. The van der Waals surface area contributed by atoms with Crippen molar-refractivity contribution in [2.24, 2.45) is 20.5 Å². The molecule has 2 aromatic heterocycles. The average molecular weight is 933 g/mol. The molecule has 0 atom stereocenters. The number of halogens is 2. The lowest BCUT2D eigenvalue weighted by Crippen LogP contribution is -2.04. The number of nitrogens with one attached hydrogen (secondary N) is 3. The molecule has 7 aromatic rings. The second kappa shape index (κ2) is 17.3. The predicted molar refractivity (Wildman–Crippen MR) is 235 cm³/mol. The third-order valence-electron chi connectivity index (χ3n) is 8.83. The Balaban J connectivity index is 1.24. The van der Waals surface area contributed by atoms with Crippen LogP contribution in [0.1, 0.15) is 16.7 Å². The molecule has 0 spiro atoms. The molecular formula is C37H31Cl2N15O7S2. The van der Waals surface area contributed by atoms with Gasteiger partial charge in [-0.05, 0) is 115 Å². The van der Waals surface area contributed by atoms with Gasteiger partial charge in [0, 0.05) is 17.1 Å². The second-order valence-electron chi connectivity index (χ2n) is 13.4. The summed E-state index contributed by atoms with van der Waals surface area (Å²) in [6, 6.07) is 18.3. The summed E-state index contributed by atoms with van der Waals surface area (Å²) in [5.41, 5.74) is 13.9. The van der Waals surface area contributed by atoms with Gasteiger partial charge in [0.1, 0.15) is 26.9 Å².